The monoisotopic (exact) mass is 241 g/mol. The van der Waals surface area contributed by atoms with E-state index in [1.165, 1.54) is 19.3 Å². The molecule has 3 atom stereocenters. The Bertz CT molecular complexity index is 361. The van der Waals surface area contributed by atoms with Gasteiger partial charge in [-0.3, -0.25) is 4.68 Å². The number of aryl methyl sites for hydroxylation is 1. The first-order valence-electron chi connectivity index (χ1n) is 6.10. The molecule has 1 aromatic heterocycles. The molecule has 3 nitrogen and oxygen atoms in total. The molecule has 1 heterocycles. The van der Waals surface area contributed by atoms with Gasteiger partial charge < -0.3 is 5.73 Å². The number of rotatable bonds is 3. The van der Waals surface area contributed by atoms with Crippen molar-refractivity contribution in [1.82, 2.24) is 9.78 Å². The minimum Gasteiger partial charge on any atom is -0.322 e. The van der Waals surface area contributed by atoms with Gasteiger partial charge >= 0.3 is 0 Å². The molecule has 0 aromatic carbocycles. The molecule has 16 heavy (non-hydrogen) atoms. The minimum absolute atomic E-state index is 0.0416. The summed E-state index contributed by atoms with van der Waals surface area (Å²) in [5, 5.41) is 4.97. The van der Waals surface area contributed by atoms with Crippen molar-refractivity contribution in [3.63, 3.8) is 0 Å². The summed E-state index contributed by atoms with van der Waals surface area (Å²) in [7, 11) is 0. The Morgan fingerprint density at radius 3 is 2.94 bits per heavy atom. The number of hydrogen-bond acceptors (Lipinski definition) is 2. The van der Waals surface area contributed by atoms with Crippen LogP contribution < -0.4 is 5.73 Å². The fraction of sp³-hybridized carbons (Fsp3) is 0.750. The molecule has 1 aliphatic carbocycles. The molecule has 2 N–H and O–H groups in total. The summed E-state index contributed by atoms with van der Waals surface area (Å²) in [5.41, 5.74) is 7.36. The van der Waals surface area contributed by atoms with Crippen LogP contribution in [0.1, 0.15) is 44.8 Å². The molecule has 0 radical (unpaired) electrons. The van der Waals surface area contributed by atoms with Gasteiger partial charge in [0, 0.05) is 6.54 Å². The largest absolute Gasteiger partial charge is 0.322 e. The van der Waals surface area contributed by atoms with Gasteiger partial charge in [-0.2, -0.15) is 5.10 Å². The zero-order valence-electron chi connectivity index (χ0n) is 9.99. The summed E-state index contributed by atoms with van der Waals surface area (Å²) >= 11 is 6.17. The summed E-state index contributed by atoms with van der Waals surface area (Å²) in [6.45, 7) is 5.19. The van der Waals surface area contributed by atoms with Crippen LogP contribution in [0.5, 0.6) is 0 Å². The molecule has 1 fully saturated rings. The Kier molecular flexibility index (Phi) is 3.55. The molecule has 1 aromatic rings. The van der Waals surface area contributed by atoms with Crippen molar-refractivity contribution in [2.45, 2.75) is 45.7 Å². The average Bonchev–Trinajstić information content (AvgIpc) is 2.83. The maximum absolute atomic E-state index is 6.34. The zero-order chi connectivity index (χ0) is 11.7. The summed E-state index contributed by atoms with van der Waals surface area (Å²) in [6, 6.07) is 0.0416. The first-order chi connectivity index (χ1) is 7.63. The van der Waals surface area contributed by atoms with Gasteiger partial charge in [-0.25, -0.2) is 0 Å². The van der Waals surface area contributed by atoms with Crippen LogP contribution in [-0.4, -0.2) is 9.78 Å². The van der Waals surface area contributed by atoms with Crippen LogP contribution in [0.3, 0.4) is 0 Å². The lowest BCUT2D eigenvalue weighted by Gasteiger charge is -2.20. The summed E-state index contributed by atoms with van der Waals surface area (Å²) in [4.78, 5) is 0. The van der Waals surface area contributed by atoms with Gasteiger partial charge in [0.15, 0.2) is 0 Å². The van der Waals surface area contributed by atoms with Crippen LogP contribution in [0.2, 0.25) is 5.02 Å². The van der Waals surface area contributed by atoms with Gasteiger partial charge in [-0.15, -0.1) is 0 Å². The lowest BCUT2D eigenvalue weighted by Crippen LogP contribution is -2.23. The highest BCUT2D eigenvalue weighted by Crippen LogP contribution is 2.39. The van der Waals surface area contributed by atoms with Crippen LogP contribution in [0.4, 0.5) is 0 Å². The highest BCUT2D eigenvalue weighted by Gasteiger charge is 2.30. The van der Waals surface area contributed by atoms with Crippen molar-refractivity contribution in [1.29, 1.82) is 0 Å². The molecule has 1 saturated carbocycles. The average molecular weight is 242 g/mol. The van der Waals surface area contributed by atoms with E-state index in [-0.39, 0.29) is 6.04 Å². The van der Waals surface area contributed by atoms with E-state index in [2.05, 4.69) is 18.9 Å². The molecule has 3 unspecified atom stereocenters. The summed E-state index contributed by atoms with van der Waals surface area (Å²) in [5.74, 6) is 1.36. The van der Waals surface area contributed by atoms with Gasteiger partial charge in [0.05, 0.1) is 23.0 Å². The van der Waals surface area contributed by atoms with E-state index in [1.54, 1.807) is 6.20 Å². The van der Waals surface area contributed by atoms with Crippen LogP contribution in [0, 0.1) is 11.8 Å². The lowest BCUT2D eigenvalue weighted by atomic mass is 9.95. The van der Waals surface area contributed by atoms with E-state index < -0.39 is 0 Å². The normalized spacial score (nSPS) is 27.2. The summed E-state index contributed by atoms with van der Waals surface area (Å²) in [6.07, 6.45) is 5.43. The third kappa shape index (κ3) is 2.11. The molecular weight excluding hydrogens is 222 g/mol. The molecule has 0 spiro atoms. The van der Waals surface area contributed by atoms with E-state index in [0.29, 0.717) is 10.9 Å². The first-order valence-corrected chi connectivity index (χ1v) is 6.48. The van der Waals surface area contributed by atoms with Gasteiger partial charge in [0.25, 0.3) is 0 Å². The smallest absolute Gasteiger partial charge is 0.0834 e. The Balaban J connectivity index is 2.19. The third-order valence-electron chi connectivity index (χ3n) is 3.69. The van der Waals surface area contributed by atoms with Gasteiger partial charge in [-0.05, 0) is 31.6 Å². The maximum Gasteiger partial charge on any atom is 0.0834 e. The van der Waals surface area contributed by atoms with Crippen molar-refractivity contribution >= 4 is 11.6 Å². The van der Waals surface area contributed by atoms with E-state index in [9.17, 15) is 0 Å². The maximum atomic E-state index is 6.34. The molecule has 1 aliphatic rings. The second-order valence-electron chi connectivity index (χ2n) is 4.90. The number of nitrogens with two attached hydrogens (primary N) is 1. The van der Waals surface area contributed by atoms with Crippen LogP contribution in [-0.2, 0) is 6.54 Å². The second-order valence-corrected chi connectivity index (χ2v) is 5.30. The molecule has 2 rings (SSSR count). The van der Waals surface area contributed by atoms with E-state index >= 15 is 0 Å². The van der Waals surface area contributed by atoms with Crippen LogP contribution in [0.25, 0.3) is 0 Å². The lowest BCUT2D eigenvalue weighted by molar-refractivity contribution is 0.403. The standard InChI is InChI=1S/C12H20ClN3/c1-3-16-12(10(13)7-15-16)11(14)9-5-4-8(2)6-9/h7-9,11H,3-6,14H2,1-2H3. The molecule has 0 amide bonds. The molecule has 0 bridgehead atoms. The quantitative estimate of drug-likeness (QED) is 0.884. The van der Waals surface area contributed by atoms with Crippen molar-refractivity contribution in [2.75, 3.05) is 0 Å². The van der Waals surface area contributed by atoms with Gasteiger partial charge in [0.1, 0.15) is 0 Å². The van der Waals surface area contributed by atoms with Crippen LogP contribution in [0.15, 0.2) is 6.20 Å². The predicted octanol–water partition coefficient (Wildman–Crippen LogP) is 2.99. The van der Waals surface area contributed by atoms with Crippen molar-refractivity contribution in [3.05, 3.63) is 16.9 Å². The predicted molar refractivity (Wildman–Crippen MR) is 66.3 cm³/mol. The Morgan fingerprint density at radius 1 is 1.62 bits per heavy atom. The fourth-order valence-electron chi connectivity index (χ4n) is 2.76. The fourth-order valence-corrected chi connectivity index (χ4v) is 3.02. The third-order valence-corrected chi connectivity index (χ3v) is 3.98. The SMILES string of the molecule is CCn1ncc(Cl)c1C(N)C1CCC(C)C1. The van der Waals surface area contributed by atoms with Crippen molar-refractivity contribution in [3.8, 4) is 0 Å². The number of nitrogens with zero attached hydrogens (tertiary/aromatic N) is 2. The van der Waals surface area contributed by atoms with Crippen molar-refractivity contribution in [2.24, 2.45) is 17.6 Å². The Labute approximate surface area is 102 Å². The zero-order valence-corrected chi connectivity index (χ0v) is 10.7. The number of hydrogen-bond donors (Lipinski definition) is 1. The first kappa shape index (κ1) is 11.9. The Morgan fingerprint density at radius 2 is 2.38 bits per heavy atom. The molecule has 4 heteroatoms. The highest BCUT2D eigenvalue weighted by molar-refractivity contribution is 6.31. The van der Waals surface area contributed by atoms with Gasteiger partial charge in [0.2, 0.25) is 0 Å². The topological polar surface area (TPSA) is 43.8 Å². The highest BCUT2D eigenvalue weighted by atomic mass is 35.5. The molecule has 0 saturated heterocycles. The van der Waals surface area contributed by atoms with E-state index in [4.69, 9.17) is 17.3 Å². The van der Waals surface area contributed by atoms with E-state index in [0.717, 1.165) is 18.2 Å². The number of aromatic nitrogens is 2. The summed E-state index contributed by atoms with van der Waals surface area (Å²) < 4.78 is 1.93. The van der Waals surface area contributed by atoms with E-state index in [1.807, 2.05) is 4.68 Å². The molecule has 90 valence electrons. The Hall–Kier alpha value is -0.540. The molecular formula is C12H20ClN3. The van der Waals surface area contributed by atoms with Crippen molar-refractivity contribution < 1.29 is 0 Å². The molecule has 0 aliphatic heterocycles. The number of halogens is 1. The minimum atomic E-state index is 0.0416. The van der Waals surface area contributed by atoms with Gasteiger partial charge in [-0.1, -0.05) is 24.9 Å². The second kappa shape index (κ2) is 4.76. The van der Waals surface area contributed by atoms with Crippen LogP contribution >= 0.6 is 11.6 Å².